The summed E-state index contributed by atoms with van der Waals surface area (Å²) in [4.78, 5) is 1.19. The highest BCUT2D eigenvalue weighted by Gasteiger charge is 2.43. The molecule has 1 heterocycles. The van der Waals surface area contributed by atoms with Crippen LogP contribution in [0.15, 0.2) is 11.1 Å². The van der Waals surface area contributed by atoms with Gasteiger partial charge in [0.1, 0.15) is 0 Å². The predicted molar refractivity (Wildman–Crippen MR) is 70.0 cm³/mol. The van der Waals surface area contributed by atoms with E-state index in [4.69, 9.17) is 16.3 Å². The Kier molecular flexibility index (Phi) is 4.70. The topological polar surface area (TPSA) is 29.5 Å². The molecule has 4 atom stereocenters. The fourth-order valence-corrected chi connectivity index (χ4v) is 2.88. The van der Waals surface area contributed by atoms with Crippen LogP contribution < -0.4 is 0 Å². The standard InChI is InChI=1S/C10H15Br2ClO2/c1-9(13,3-4-11)8-5-7(12)10(2,14)6-15-8/h3-4,7-8,14H,5-6H2,1-2H3/b4-3+. The molecule has 1 rings (SSSR count). The second kappa shape index (κ2) is 5.05. The third-order valence-electron chi connectivity index (χ3n) is 2.69. The van der Waals surface area contributed by atoms with Gasteiger partial charge in [-0.25, -0.2) is 0 Å². The smallest absolute Gasteiger partial charge is 0.0977 e. The van der Waals surface area contributed by atoms with Crippen molar-refractivity contribution in [3.05, 3.63) is 11.1 Å². The summed E-state index contributed by atoms with van der Waals surface area (Å²) in [7, 11) is 0. The zero-order valence-electron chi connectivity index (χ0n) is 8.71. The summed E-state index contributed by atoms with van der Waals surface area (Å²) in [5.41, 5.74) is -0.818. The van der Waals surface area contributed by atoms with Crippen LogP contribution in [0.1, 0.15) is 20.3 Å². The molecular formula is C10H15Br2ClO2. The van der Waals surface area contributed by atoms with Crippen LogP contribution in [0, 0.1) is 0 Å². The van der Waals surface area contributed by atoms with E-state index in [1.165, 1.54) is 0 Å². The number of halogens is 3. The van der Waals surface area contributed by atoms with Crippen molar-refractivity contribution in [1.82, 2.24) is 0 Å². The molecular weight excluding hydrogens is 347 g/mol. The normalized spacial score (nSPS) is 41.7. The lowest BCUT2D eigenvalue weighted by molar-refractivity contribution is -0.108. The van der Waals surface area contributed by atoms with E-state index in [1.54, 1.807) is 11.9 Å². The molecule has 0 aromatic rings. The number of rotatable bonds is 2. The highest BCUT2D eigenvalue weighted by atomic mass is 79.9. The molecule has 4 unspecified atom stereocenters. The van der Waals surface area contributed by atoms with Gasteiger partial charge in [0.25, 0.3) is 0 Å². The SMILES string of the molecule is CC(Cl)(/C=C/Br)C1CC(Br)C(C)(O)CO1. The number of aliphatic hydroxyl groups is 1. The molecule has 1 aliphatic heterocycles. The minimum absolute atomic E-state index is 0.00514. The molecule has 0 radical (unpaired) electrons. The highest BCUT2D eigenvalue weighted by Crippen LogP contribution is 2.36. The monoisotopic (exact) mass is 360 g/mol. The van der Waals surface area contributed by atoms with Gasteiger partial charge in [0.2, 0.25) is 0 Å². The zero-order valence-corrected chi connectivity index (χ0v) is 12.6. The molecule has 0 saturated carbocycles. The molecule has 88 valence electrons. The van der Waals surface area contributed by atoms with Crippen LogP contribution in [-0.4, -0.2) is 33.1 Å². The summed E-state index contributed by atoms with van der Waals surface area (Å²) in [6, 6.07) is 0. The minimum atomic E-state index is -0.818. The van der Waals surface area contributed by atoms with Gasteiger partial charge in [0.05, 0.1) is 23.2 Å². The van der Waals surface area contributed by atoms with Gasteiger partial charge < -0.3 is 9.84 Å². The van der Waals surface area contributed by atoms with E-state index in [1.807, 2.05) is 13.0 Å². The van der Waals surface area contributed by atoms with Crippen molar-refractivity contribution in [3.63, 3.8) is 0 Å². The second-order valence-corrected chi connectivity index (χ2v) is 6.75. The third kappa shape index (κ3) is 3.43. The van der Waals surface area contributed by atoms with Crippen LogP contribution in [0.25, 0.3) is 0 Å². The molecule has 0 aliphatic carbocycles. The van der Waals surface area contributed by atoms with E-state index in [0.29, 0.717) is 13.0 Å². The minimum Gasteiger partial charge on any atom is -0.387 e. The van der Waals surface area contributed by atoms with Crippen LogP contribution in [-0.2, 0) is 4.74 Å². The van der Waals surface area contributed by atoms with Crippen molar-refractivity contribution in [2.24, 2.45) is 0 Å². The van der Waals surface area contributed by atoms with Gasteiger partial charge in [-0.2, -0.15) is 0 Å². The van der Waals surface area contributed by atoms with Crippen molar-refractivity contribution in [1.29, 1.82) is 0 Å². The Morgan fingerprint density at radius 1 is 1.67 bits per heavy atom. The maximum absolute atomic E-state index is 9.91. The summed E-state index contributed by atoms with van der Waals surface area (Å²) < 4.78 is 5.60. The molecule has 5 heteroatoms. The first-order valence-electron chi connectivity index (χ1n) is 4.74. The van der Waals surface area contributed by atoms with E-state index in [2.05, 4.69) is 31.9 Å². The van der Waals surface area contributed by atoms with E-state index >= 15 is 0 Å². The lowest BCUT2D eigenvalue weighted by Crippen LogP contribution is -2.52. The molecule has 0 amide bonds. The molecule has 0 aromatic carbocycles. The Morgan fingerprint density at radius 2 is 2.27 bits per heavy atom. The Bertz CT molecular complexity index is 254. The Morgan fingerprint density at radius 3 is 2.73 bits per heavy atom. The summed E-state index contributed by atoms with van der Waals surface area (Å²) >= 11 is 13.0. The van der Waals surface area contributed by atoms with Crippen molar-refractivity contribution in [2.45, 2.75) is 41.7 Å². The summed E-state index contributed by atoms with van der Waals surface area (Å²) in [6.07, 6.45) is 2.43. The maximum Gasteiger partial charge on any atom is 0.0977 e. The van der Waals surface area contributed by atoms with Gasteiger partial charge in [-0.1, -0.05) is 37.9 Å². The first kappa shape index (κ1) is 14.0. The van der Waals surface area contributed by atoms with Gasteiger partial charge in [0, 0.05) is 4.83 Å². The van der Waals surface area contributed by atoms with Crippen LogP contribution in [0.4, 0.5) is 0 Å². The molecule has 2 nitrogen and oxygen atoms in total. The van der Waals surface area contributed by atoms with Crippen LogP contribution in [0.2, 0.25) is 0 Å². The second-order valence-electron chi connectivity index (χ2n) is 4.30. The van der Waals surface area contributed by atoms with E-state index in [-0.39, 0.29) is 10.9 Å². The summed E-state index contributed by atoms with van der Waals surface area (Å²) in [5, 5.41) is 9.91. The number of hydrogen-bond acceptors (Lipinski definition) is 2. The van der Waals surface area contributed by atoms with Crippen molar-refractivity contribution in [3.8, 4) is 0 Å². The highest BCUT2D eigenvalue weighted by molar-refractivity contribution is 9.11. The molecule has 1 aliphatic rings. The molecule has 0 bridgehead atoms. The van der Waals surface area contributed by atoms with Crippen LogP contribution in [0.5, 0.6) is 0 Å². The number of ether oxygens (including phenoxy) is 1. The number of alkyl halides is 2. The van der Waals surface area contributed by atoms with E-state index < -0.39 is 10.5 Å². The Hall–Kier alpha value is 0.910. The van der Waals surface area contributed by atoms with Crippen molar-refractivity contribution >= 4 is 43.5 Å². The average molecular weight is 362 g/mol. The van der Waals surface area contributed by atoms with E-state index in [9.17, 15) is 5.11 Å². The molecule has 1 N–H and O–H groups in total. The molecule has 0 spiro atoms. The lowest BCUT2D eigenvalue weighted by Gasteiger charge is -2.42. The van der Waals surface area contributed by atoms with Crippen LogP contribution in [0.3, 0.4) is 0 Å². The Labute approximate surface area is 112 Å². The molecule has 1 saturated heterocycles. The van der Waals surface area contributed by atoms with Gasteiger partial charge >= 0.3 is 0 Å². The first-order chi connectivity index (χ1) is 6.79. The fourth-order valence-electron chi connectivity index (χ4n) is 1.49. The van der Waals surface area contributed by atoms with E-state index in [0.717, 1.165) is 0 Å². The lowest BCUT2D eigenvalue weighted by atomic mass is 9.90. The summed E-state index contributed by atoms with van der Waals surface area (Å²) in [6.45, 7) is 3.96. The zero-order chi connectivity index (χ0) is 11.7. The van der Waals surface area contributed by atoms with Crippen molar-refractivity contribution in [2.75, 3.05) is 6.61 Å². The predicted octanol–water partition coefficient (Wildman–Crippen LogP) is 3.20. The summed E-state index contributed by atoms with van der Waals surface area (Å²) in [5.74, 6) is 0. The Balaban J connectivity index is 2.69. The molecule has 0 aromatic heterocycles. The van der Waals surface area contributed by atoms with Gasteiger partial charge in [-0.05, 0) is 25.3 Å². The molecule has 1 fully saturated rings. The quantitative estimate of drug-likeness (QED) is 0.765. The van der Waals surface area contributed by atoms with Crippen LogP contribution >= 0.6 is 43.5 Å². The van der Waals surface area contributed by atoms with Gasteiger partial charge in [0.15, 0.2) is 0 Å². The first-order valence-corrected chi connectivity index (χ1v) is 6.95. The average Bonchev–Trinajstić information content (AvgIpc) is 2.09. The van der Waals surface area contributed by atoms with Gasteiger partial charge in [-0.15, -0.1) is 11.6 Å². The third-order valence-corrected chi connectivity index (χ3v) is 4.68. The van der Waals surface area contributed by atoms with Gasteiger partial charge in [-0.3, -0.25) is 0 Å². The largest absolute Gasteiger partial charge is 0.387 e. The number of hydrogen-bond donors (Lipinski definition) is 1. The molecule has 15 heavy (non-hydrogen) atoms. The van der Waals surface area contributed by atoms with Crippen molar-refractivity contribution < 1.29 is 9.84 Å². The fraction of sp³-hybridized carbons (Fsp3) is 0.800. The maximum atomic E-state index is 9.91.